The first-order chi connectivity index (χ1) is 9.81. The Bertz CT molecular complexity index is 613. The molecule has 0 saturated carbocycles. The van der Waals surface area contributed by atoms with E-state index in [1.807, 2.05) is 0 Å². The molecule has 0 aromatic heterocycles. The number of hydrogen-bond acceptors (Lipinski definition) is 2. The van der Waals surface area contributed by atoms with Crippen LogP contribution in [-0.4, -0.2) is 10.2 Å². The number of phenols is 1. The summed E-state index contributed by atoms with van der Waals surface area (Å²) in [5, 5.41) is 19.1. The average Bonchev–Trinajstić information content (AvgIpc) is 2.42. The number of phenolic OH excluding ortho intramolecular Hbond substituents is 1. The summed E-state index contributed by atoms with van der Waals surface area (Å²) >= 11 is 6.02. The number of benzene rings is 2. The number of aliphatic hydroxyl groups is 1. The van der Waals surface area contributed by atoms with Gasteiger partial charge >= 0.3 is 6.18 Å². The highest BCUT2D eigenvalue weighted by Crippen LogP contribution is 2.32. The highest BCUT2D eigenvalue weighted by Gasteiger charge is 2.29. The van der Waals surface area contributed by atoms with Gasteiger partial charge in [-0.3, -0.25) is 0 Å². The molecule has 0 fully saturated rings. The van der Waals surface area contributed by atoms with Gasteiger partial charge in [-0.05, 0) is 35.4 Å². The van der Waals surface area contributed by atoms with Crippen LogP contribution in [0.25, 0.3) is 0 Å². The first-order valence-electron chi connectivity index (χ1n) is 6.08. The highest BCUT2D eigenvalue weighted by molar-refractivity contribution is 6.31. The predicted octanol–water partition coefficient (Wildman–Crippen LogP) is 4.15. The smallest absolute Gasteiger partial charge is 0.416 e. The molecule has 0 radical (unpaired) electrons. The van der Waals surface area contributed by atoms with Gasteiger partial charge in [0, 0.05) is 17.0 Å². The minimum atomic E-state index is -4.37. The van der Waals surface area contributed by atoms with E-state index in [0.29, 0.717) is 16.7 Å². The molecule has 2 N–H and O–H groups in total. The lowest BCUT2D eigenvalue weighted by Gasteiger charge is -2.11. The fraction of sp³-hybridized carbons (Fsp3) is 0.200. The topological polar surface area (TPSA) is 40.5 Å². The zero-order valence-corrected chi connectivity index (χ0v) is 11.5. The zero-order valence-electron chi connectivity index (χ0n) is 10.8. The summed E-state index contributed by atoms with van der Waals surface area (Å²) in [7, 11) is 0. The van der Waals surface area contributed by atoms with E-state index in [0.717, 1.165) is 12.1 Å². The van der Waals surface area contributed by atoms with Crippen molar-refractivity contribution in [2.75, 3.05) is 0 Å². The molecule has 0 unspecified atom stereocenters. The summed E-state index contributed by atoms with van der Waals surface area (Å²) < 4.78 is 37.4. The third-order valence-electron chi connectivity index (χ3n) is 3.08. The molecule has 21 heavy (non-hydrogen) atoms. The van der Waals surface area contributed by atoms with Crippen LogP contribution >= 0.6 is 11.6 Å². The number of aromatic hydroxyl groups is 1. The van der Waals surface area contributed by atoms with Gasteiger partial charge in [0.2, 0.25) is 0 Å². The van der Waals surface area contributed by atoms with Gasteiger partial charge in [-0.15, -0.1) is 0 Å². The van der Waals surface area contributed by atoms with Crippen molar-refractivity contribution in [2.24, 2.45) is 0 Å². The molecule has 2 nitrogen and oxygen atoms in total. The lowest BCUT2D eigenvalue weighted by molar-refractivity contribution is -0.137. The van der Waals surface area contributed by atoms with E-state index >= 15 is 0 Å². The van der Waals surface area contributed by atoms with Crippen molar-refractivity contribution < 1.29 is 23.4 Å². The number of aliphatic hydroxyl groups excluding tert-OH is 1. The maximum atomic E-state index is 12.5. The van der Waals surface area contributed by atoms with Crippen LogP contribution in [-0.2, 0) is 19.2 Å². The van der Waals surface area contributed by atoms with Crippen LogP contribution < -0.4 is 0 Å². The summed E-state index contributed by atoms with van der Waals surface area (Å²) in [5.41, 5.74) is 0.747. The van der Waals surface area contributed by atoms with Gasteiger partial charge < -0.3 is 10.2 Å². The van der Waals surface area contributed by atoms with Crippen LogP contribution in [0.3, 0.4) is 0 Å². The molecule has 112 valence electrons. The van der Waals surface area contributed by atoms with E-state index in [1.54, 1.807) is 0 Å². The first-order valence-corrected chi connectivity index (χ1v) is 6.46. The second kappa shape index (κ2) is 5.95. The molecular formula is C15H12ClF3O2. The van der Waals surface area contributed by atoms with Crippen LogP contribution in [0.5, 0.6) is 5.75 Å². The van der Waals surface area contributed by atoms with Crippen LogP contribution in [0.4, 0.5) is 13.2 Å². The highest BCUT2D eigenvalue weighted by atomic mass is 35.5. The molecule has 6 heteroatoms. The van der Waals surface area contributed by atoms with E-state index in [2.05, 4.69) is 0 Å². The molecule has 2 aromatic carbocycles. The Morgan fingerprint density at radius 1 is 1.00 bits per heavy atom. The minimum absolute atomic E-state index is 0.0913. The summed E-state index contributed by atoms with van der Waals surface area (Å²) in [6.45, 7) is -0.256. The molecule has 2 aromatic rings. The van der Waals surface area contributed by atoms with E-state index in [4.69, 9.17) is 16.7 Å². The molecule has 0 spiro atoms. The normalized spacial score (nSPS) is 11.7. The molecule has 2 rings (SSSR count). The molecule has 0 atom stereocenters. The minimum Gasteiger partial charge on any atom is -0.508 e. The maximum Gasteiger partial charge on any atom is 0.416 e. The molecule has 0 saturated heterocycles. The molecular weight excluding hydrogens is 305 g/mol. The number of halogens is 4. The third kappa shape index (κ3) is 3.68. The zero-order chi connectivity index (χ0) is 15.6. The van der Waals surface area contributed by atoms with Crippen molar-refractivity contribution in [3.8, 4) is 5.75 Å². The van der Waals surface area contributed by atoms with Crippen molar-refractivity contribution in [3.05, 3.63) is 63.7 Å². The number of hydrogen-bond donors (Lipinski definition) is 2. The standard InChI is InChI=1S/C15H12ClF3O2/c16-13-6-10(8-20)7-14(21)12(13)5-9-1-3-11(4-2-9)15(17,18)19/h1-4,6-7,20-21H,5,8H2. The van der Waals surface area contributed by atoms with Crippen molar-refractivity contribution in [2.45, 2.75) is 19.2 Å². The molecule has 0 aliphatic carbocycles. The van der Waals surface area contributed by atoms with Crippen molar-refractivity contribution >= 4 is 11.6 Å². The Morgan fingerprint density at radius 3 is 2.10 bits per heavy atom. The van der Waals surface area contributed by atoms with Gasteiger partial charge in [-0.1, -0.05) is 23.7 Å². The SMILES string of the molecule is OCc1cc(O)c(Cc2ccc(C(F)(F)F)cc2)c(Cl)c1. The molecule has 0 bridgehead atoms. The first kappa shape index (κ1) is 15.7. The van der Waals surface area contributed by atoms with Gasteiger partial charge in [0.25, 0.3) is 0 Å². The van der Waals surface area contributed by atoms with Crippen LogP contribution in [0.2, 0.25) is 5.02 Å². The summed E-state index contributed by atoms with van der Waals surface area (Å²) in [4.78, 5) is 0. The second-order valence-electron chi connectivity index (χ2n) is 4.60. The fourth-order valence-corrected chi connectivity index (χ4v) is 2.26. The lowest BCUT2D eigenvalue weighted by atomic mass is 10.0. The van der Waals surface area contributed by atoms with Crippen LogP contribution in [0, 0.1) is 0 Å². The second-order valence-corrected chi connectivity index (χ2v) is 5.01. The van der Waals surface area contributed by atoms with Crippen molar-refractivity contribution in [1.82, 2.24) is 0 Å². The van der Waals surface area contributed by atoms with Gasteiger partial charge in [-0.25, -0.2) is 0 Å². The lowest BCUT2D eigenvalue weighted by Crippen LogP contribution is -2.04. The van der Waals surface area contributed by atoms with E-state index in [9.17, 15) is 18.3 Å². The average molecular weight is 317 g/mol. The monoisotopic (exact) mass is 316 g/mol. The Morgan fingerprint density at radius 2 is 1.62 bits per heavy atom. The maximum absolute atomic E-state index is 12.5. The Balaban J connectivity index is 2.26. The Labute approximate surface area is 124 Å². The Kier molecular flexibility index (Phi) is 4.44. The number of alkyl halides is 3. The molecule has 0 amide bonds. The third-order valence-corrected chi connectivity index (χ3v) is 3.41. The van der Waals surface area contributed by atoms with E-state index in [-0.39, 0.29) is 23.8 Å². The summed E-state index contributed by atoms with van der Waals surface area (Å²) in [5.74, 6) is -0.0913. The van der Waals surface area contributed by atoms with Gasteiger partial charge in [0.05, 0.1) is 12.2 Å². The largest absolute Gasteiger partial charge is 0.508 e. The number of rotatable bonds is 3. The van der Waals surface area contributed by atoms with E-state index < -0.39 is 11.7 Å². The van der Waals surface area contributed by atoms with Gasteiger partial charge in [0.1, 0.15) is 5.75 Å². The van der Waals surface area contributed by atoms with Crippen molar-refractivity contribution in [1.29, 1.82) is 0 Å². The Hall–Kier alpha value is -1.72. The van der Waals surface area contributed by atoms with Crippen molar-refractivity contribution in [3.63, 3.8) is 0 Å². The van der Waals surface area contributed by atoms with Crippen LogP contribution in [0.1, 0.15) is 22.3 Å². The molecule has 0 heterocycles. The van der Waals surface area contributed by atoms with Crippen LogP contribution in [0.15, 0.2) is 36.4 Å². The predicted molar refractivity (Wildman–Crippen MR) is 73.3 cm³/mol. The van der Waals surface area contributed by atoms with Gasteiger partial charge in [0.15, 0.2) is 0 Å². The molecule has 0 aliphatic heterocycles. The molecule has 0 aliphatic rings. The quantitative estimate of drug-likeness (QED) is 0.893. The van der Waals surface area contributed by atoms with Gasteiger partial charge in [-0.2, -0.15) is 13.2 Å². The van der Waals surface area contributed by atoms with E-state index in [1.165, 1.54) is 24.3 Å². The summed E-state index contributed by atoms with van der Waals surface area (Å²) in [6, 6.07) is 7.56. The fourth-order valence-electron chi connectivity index (χ4n) is 1.96. The summed E-state index contributed by atoms with van der Waals surface area (Å²) in [6.07, 6.45) is -4.17.